The van der Waals surface area contributed by atoms with Crippen molar-refractivity contribution < 1.29 is 19.1 Å². The minimum absolute atomic E-state index is 0.0711. The number of benzene rings is 1. The molecule has 2 bridgehead atoms. The molecule has 4 aliphatic carbocycles. The Bertz CT molecular complexity index is 750. The largest absolute Gasteiger partial charge is 0.497 e. The predicted octanol–water partition coefficient (Wildman–Crippen LogP) is 2.26. The van der Waals surface area contributed by atoms with Crippen LogP contribution in [0.15, 0.2) is 30.4 Å². The van der Waals surface area contributed by atoms with Gasteiger partial charge in [-0.15, -0.1) is 0 Å². The summed E-state index contributed by atoms with van der Waals surface area (Å²) in [6.45, 7) is 0. The Morgan fingerprint density at radius 1 is 0.958 bits per heavy atom. The lowest BCUT2D eigenvalue weighted by Crippen LogP contribution is -2.40. The number of allylic oxidation sites excluding steroid dienone is 2. The molecule has 5 nitrogen and oxygen atoms in total. The van der Waals surface area contributed by atoms with Crippen molar-refractivity contribution in [2.75, 3.05) is 19.1 Å². The molecule has 5 heteroatoms. The number of imide groups is 1. The van der Waals surface area contributed by atoms with Crippen LogP contribution in [0.2, 0.25) is 0 Å². The molecule has 5 aliphatic rings. The van der Waals surface area contributed by atoms with E-state index in [2.05, 4.69) is 12.2 Å². The topological polar surface area (TPSA) is 55.8 Å². The number of hydrogen-bond donors (Lipinski definition) is 0. The Kier molecular flexibility index (Phi) is 2.71. The van der Waals surface area contributed by atoms with Crippen molar-refractivity contribution >= 4 is 17.5 Å². The Morgan fingerprint density at radius 2 is 1.58 bits per heavy atom. The minimum atomic E-state index is -0.192. The van der Waals surface area contributed by atoms with Gasteiger partial charge in [0.15, 0.2) is 0 Å². The van der Waals surface area contributed by atoms with Crippen LogP contribution in [0.25, 0.3) is 0 Å². The minimum Gasteiger partial charge on any atom is -0.497 e. The van der Waals surface area contributed by atoms with Crippen LogP contribution in [0, 0.1) is 35.5 Å². The molecular weight excluding hydrogens is 306 g/mol. The Hall–Kier alpha value is -2.30. The van der Waals surface area contributed by atoms with Crippen molar-refractivity contribution in [1.29, 1.82) is 0 Å². The summed E-state index contributed by atoms with van der Waals surface area (Å²) in [4.78, 5) is 27.6. The van der Waals surface area contributed by atoms with Crippen molar-refractivity contribution in [2.24, 2.45) is 35.5 Å². The molecule has 1 heterocycles. The number of anilines is 1. The predicted molar refractivity (Wildman–Crippen MR) is 86.7 cm³/mol. The van der Waals surface area contributed by atoms with E-state index in [1.807, 2.05) is 0 Å². The monoisotopic (exact) mass is 325 g/mol. The van der Waals surface area contributed by atoms with E-state index < -0.39 is 0 Å². The average molecular weight is 325 g/mol. The highest BCUT2D eigenvalue weighted by Crippen LogP contribution is 2.65. The van der Waals surface area contributed by atoms with E-state index in [0.29, 0.717) is 29.0 Å². The molecule has 0 aromatic heterocycles. The molecule has 2 amide bonds. The molecule has 1 saturated heterocycles. The first-order chi connectivity index (χ1) is 11.7. The number of ether oxygens (including phenoxy) is 2. The first-order valence-corrected chi connectivity index (χ1v) is 8.44. The molecular formula is C19H19NO4. The van der Waals surface area contributed by atoms with Crippen LogP contribution in [0.3, 0.4) is 0 Å². The number of carbonyl (C=O) groups is 2. The van der Waals surface area contributed by atoms with Crippen LogP contribution in [-0.2, 0) is 9.59 Å². The normalized spacial score (nSPS) is 38.2. The molecule has 1 aromatic carbocycles. The Morgan fingerprint density at radius 3 is 2.12 bits per heavy atom. The molecule has 1 aliphatic heterocycles. The molecule has 0 N–H and O–H groups in total. The third-order valence-electron chi connectivity index (χ3n) is 6.29. The maximum Gasteiger partial charge on any atom is 0.238 e. The van der Waals surface area contributed by atoms with Gasteiger partial charge in [0, 0.05) is 6.07 Å². The van der Waals surface area contributed by atoms with Crippen molar-refractivity contribution in [3.8, 4) is 11.5 Å². The van der Waals surface area contributed by atoms with Crippen LogP contribution in [-0.4, -0.2) is 26.0 Å². The van der Waals surface area contributed by atoms with Gasteiger partial charge in [-0.2, -0.15) is 0 Å². The smallest absolute Gasteiger partial charge is 0.238 e. The maximum atomic E-state index is 13.1. The second-order valence-corrected chi connectivity index (χ2v) is 7.20. The van der Waals surface area contributed by atoms with Gasteiger partial charge in [-0.3, -0.25) is 9.59 Å². The van der Waals surface area contributed by atoms with Gasteiger partial charge in [-0.25, -0.2) is 4.90 Å². The van der Waals surface area contributed by atoms with Gasteiger partial charge < -0.3 is 9.47 Å². The fraction of sp³-hybridized carbons (Fsp3) is 0.474. The quantitative estimate of drug-likeness (QED) is 0.632. The second kappa shape index (κ2) is 4.62. The highest BCUT2D eigenvalue weighted by molar-refractivity contribution is 6.23. The summed E-state index contributed by atoms with van der Waals surface area (Å²) >= 11 is 0. The van der Waals surface area contributed by atoms with E-state index in [0.717, 1.165) is 0 Å². The molecule has 1 aromatic rings. The van der Waals surface area contributed by atoms with Gasteiger partial charge in [-0.1, -0.05) is 12.2 Å². The summed E-state index contributed by atoms with van der Waals surface area (Å²) in [5, 5.41) is 0. The van der Waals surface area contributed by atoms with E-state index in [-0.39, 0.29) is 35.5 Å². The van der Waals surface area contributed by atoms with Gasteiger partial charge in [0.1, 0.15) is 11.5 Å². The number of nitrogens with zero attached hydrogens (tertiary/aromatic N) is 1. The first-order valence-electron chi connectivity index (χ1n) is 8.44. The van der Waals surface area contributed by atoms with Gasteiger partial charge in [0.05, 0.1) is 31.7 Å². The zero-order chi connectivity index (χ0) is 16.6. The molecule has 0 radical (unpaired) electrons. The van der Waals surface area contributed by atoms with Crippen LogP contribution in [0.5, 0.6) is 11.5 Å². The third-order valence-corrected chi connectivity index (χ3v) is 6.29. The molecule has 6 rings (SSSR count). The van der Waals surface area contributed by atoms with Gasteiger partial charge in [0.2, 0.25) is 11.8 Å². The number of rotatable bonds is 3. The van der Waals surface area contributed by atoms with Gasteiger partial charge in [0.25, 0.3) is 0 Å². The van der Waals surface area contributed by atoms with E-state index in [4.69, 9.17) is 9.47 Å². The third kappa shape index (κ3) is 1.60. The van der Waals surface area contributed by atoms with Crippen LogP contribution < -0.4 is 14.4 Å². The molecule has 3 fully saturated rings. The summed E-state index contributed by atoms with van der Waals surface area (Å²) < 4.78 is 10.6. The van der Waals surface area contributed by atoms with Gasteiger partial charge >= 0.3 is 0 Å². The van der Waals surface area contributed by atoms with Crippen molar-refractivity contribution in [2.45, 2.75) is 6.42 Å². The lowest BCUT2D eigenvalue weighted by Gasteiger charge is -2.37. The van der Waals surface area contributed by atoms with Gasteiger partial charge in [-0.05, 0) is 42.2 Å². The number of hydrogen-bond acceptors (Lipinski definition) is 4. The lowest BCUT2D eigenvalue weighted by atomic mass is 9.63. The number of amides is 2. The zero-order valence-electron chi connectivity index (χ0n) is 13.6. The van der Waals surface area contributed by atoms with Crippen molar-refractivity contribution in [3.63, 3.8) is 0 Å². The maximum absolute atomic E-state index is 13.1. The average Bonchev–Trinajstić information content (AvgIpc) is 3.39. The zero-order valence-corrected chi connectivity index (χ0v) is 13.6. The fourth-order valence-corrected chi connectivity index (χ4v) is 5.16. The molecule has 24 heavy (non-hydrogen) atoms. The Labute approximate surface area is 140 Å². The van der Waals surface area contributed by atoms with Crippen LogP contribution in [0.4, 0.5) is 5.69 Å². The lowest BCUT2D eigenvalue weighted by molar-refractivity contribution is -0.124. The summed E-state index contributed by atoms with van der Waals surface area (Å²) in [6.07, 6.45) is 5.53. The highest BCUT2D eigenvalue weighted by Gasteiger charge is 2.67. The fourth-order valence-electron chi connectivity index (χ4n) is 5.16. The summed E-state index contributed by atoms with van der Waals surface area (Å²) in [5.41, 5.74) is 0.524. The van der Waals surface area contributed by atoms with Crippen LogP contribution >= 0.6 is 0 Å². The number of methoxy groups -OCH3 is 2. The molecule has 124 valence electrons. The first kappa shape index (κ1) is 14.1. The molecule has 0 spiro atoms. The van der Waals surface area contributed by atoms with Crippen molar-refractivity contribution in [1.82, 2.24) is 0 Å². The summed E-state index contributed by atoms with van der Waals surface area (Å²) in [5.74, 6) is 2.27. The standard InChI is InChI=1S/C19H19NO4/c1-23-9-3-6-14(15(7-9)24-2)20-18(21)16-10-4-5-11(13-8-12(10)13)17(16)19(20)22/h3-7,10-13,16-17H,8H2,1-2H3. The summed E-state index contributed by atoms with van der Waals surface area (Å²) in [7, 11) is 3.11. The highest BCUT2D eigenvalue weighted by atomic mass is 16.5. The number of carbonyl (C=O) groups excluding carboxylic acids is 2. The van der Waals surface area contributed by atoms with E-state index in [1.165, 1.54) is 18.4 Å². The Balaban J connectivity index is 1.57. The molecule has 2 saturated carbocycles. The summed E-state index contributed by atoms with van der Waals surface area (Å²) in [6, 6.07) is 5.20. The van der Waals surface area contributed by atoms with E-state index in [9.17, 15) is 9.59 Å². The second-order valence-electron chi connectivity index (χ2n) is 7.20. The molecule has 6 atom stereocenters. The van der Waals surface area contributed by atoms with E-state index in [1.54, 1.807) is 25.3 Å². The van der Waals surface area contributed by atoms with Crippen molar-refractivity contribution in [3.05, 3.63) is 30.4 Å². The molecule has 6 unspecified atom stereocenters. The van der Waals surface area contributed by atoms with E-state index >= 15 is 0 Å². The SMILES string of the molecule is COc1ccc(N2C(=O)C3C4C=CC(C5CC45)C3C2=O)c(OC)c1. The van der Waals surface area contributed by atoms with Crippen LogP contribution in [0.1, 0.15) is 6.42 Å².